The summed E-state index contributed by atoms with van der Waals surface area (Å²) < 4.78 is 0. The van der Waals surface area contributed by atoms with Gasteiger partial charge in [0.05, 0.1) is 6.34 Å². The summed E-state index contributed by atoms with van der Waals surface area (Å²) in [6.45, 7) is 1.90. The molecule has 0 aromatic carbocycles. The number of hydrogen-bond donors (Lipinski definition) is 2. The minimum Gasteiger partial charge on any atom is -0.370 e. The zero-order chi connectivity index (χ0) is 7.61. The van der Waals surface area contributed by atoms with Crippen LogP contribution in [0.2, 0.25) is 0 Å². The summed E-state index contributed by atoms with van der Waals surface area (Å²) in [5.74, 6) is 0.312. The van der Waals surface area contributed by atoms with Crippen LogP contribution in [0.4, 0.5) is 0 Å². The van der Waals surface area contributed by atoms with Gasteiger partial charge in [-0.25, -0.2) is 9.98 Å². The summed E-state index contributed by atoms with van der Waals surface area (Å²) >= 11 is 5.85. The molecule has 0 saturated carbocycles. The predicted octanol–water partition coefficient (Wildman–Crippen LogP) is 0.235. The minimum absolute atomic E-state index is 0.312. The van der Waals surface area contributed by atoms with Gasteiger partial charge in [0.1, 0.15) is 0 Å². The Balaban J connectivity index is 2.78. The average Bonchev–Trinajstić information content (AvgIpc) is 1.88. The van der Waals surface area contributed by atoms with Gasteiger partial charge < -0.3 is 11.1 Å². The number of alkyl halides is 1. The molecule has 0 radical (unpaired) electrons. The van der Waals surface area contributed by atoms with Crippen molar-refractivity contribution in [3.63, 3.8) is 0 Å². The van der Waals surface area contributed by atoms with E-state index in [-0.39, 0.29) is 0 Å². The molecule has 4 nitrogen and oxygen atoms in total. The monoisotopic (exact) mass is 160 g/mol. The van der Waals surface area contributed by atoms with Crippen LogP contribution in [0.15, 0.2) is 9.98 Å². The SMILES string of the molecule is CCC1(Cl)N=CNC(N)=N1. The van der Waals surface area contributed by atoms with E-state index in [0.29, 0.717) is 12.4 Å². The van der Waals surface area contributed by atoms with E-state index in [9.17, 15) is 0 Å². The molecular weight excluding hydrogens is 152 g/mol. The Morgan fingerprint density at radius 2 is 2.60 bits per heavy atom. The largest absolute Gasteiger partial charge is 0.370 e. The molecule has 1 heterocycles. The zero-order valence-electron chi connectivity index (χ0n) is 5.63. The first-order valence-corrected chi connectivity index (χ1v) is 3.38. The summed E-state index contributed by atoms with van der Waals surface area (Å²) in [4.78, 5) is 7.78. The molecule has 3 N–H and O–H groups in total. The van der Waals surface area contributed by atoms with Gasteiger partial charge in [-0.15, -0.1) is 0 Å². The van der Waals surface area contributed by atoms with E-state index in [2.05, 4.69) is 15.3 Å². The number of hydrogen-bond acceptors (Lipinski definition) is 4. The second kappa shape index (κ2) is 2.46. The second-order valence-electron chi connectivity index (χ2n) is 1.97. The lowest BCUT2D eigenvalue weighted by Crippen LogP contribution is -2.38. The number of halogens is 1. The summed E-state index contributed by atoms with van der Waals surface area (Å²) in [7, 11) is 0. The van der Waals surface area contributed by atoms with Gasteiger partial charge in [-0.3, -0.25) is 0 Å². The lowest BCUT2D eigenvalue weighted by atomic mass is 10.4. The van der Waals surface area contributed by atoms with Gasteiger partial charge >= 0.3 is 0 Å². The molecule has 0 amide bonds. The number of nitrogens with zero attached hydrogens (tertiary/aromatic N) is 2. The van der Waals surface area contributed by atoms with Crippen molar-refractivity contribution in [2.24, 2.45) is 15.7 Å². The Kier molecular flexibility index (Phi) is 1.80. The Morgan fingerprint density at radius 3 is 3.00 bits per heavy atom. The van der Waals surface area contributed by atoms with Crippen LogP contribution in [0.1, 0.15) is 13.3 Å². The second-order valence-corrected chi connectivity index (χ2v) is 2.58. The molecule has 0 aromatic heterocycles. The van der Waals surface area contributed by atoms with Gasteiger partial charge in [0.15, 0.2) is 5.96 Å². The smallest absolute Gasteiger partial charge is 0.230 e. The van der Waals surface area contributed by atoms with Crippen LogP contribution in [0.5, 0.6) is 0 Å². The number of rotatable bonds is 1. The van der Waals surface area contributed by atoms with Gasteiger partial charge in [0.25, 0.3) is 0 Å². The molecular formula is C5H9ClN4. The van der Waals surface area contributed by atoms with Crippen LogP contribution in [-0.4, -0.2) is 17.4 Å². The Hall–Kier alpha value is -0.770. The topological polar surface area (TPSA) is 62.8 Å². The van der Waals surface area contributed by atoms with E-state index in [0.717, 1.165) is 0 Å². The maximum absolute atomic E-state index is 5.85. The van der Waals surface area contributed by atoms with Crippen molar-refractivity contribution in [3.8, 4) is 0 Å². The van der Waals surface area contributed by atoms with E-state index in [1.165, 1.54) is 6.34 Å². The highest BCUT2D eigenvalue weighted by Crippen LogP contribution is 2.23. The number of nitrogens with two attached hydrogens (primary N) is 1. The normalized spacial score (nSPS) is 31.2. The average molecular weight is 161 g/mol. The van der Waals surface area contributed by atoms with E-state index in [1.807, 2.05) is 6.92 Å². The van der Waals surface area contributed by atoms with Gasteiger partial charge in [-0.05, 0) is 0 Å². The van der Waals surface area contributed by atoms with Crippen molar-refractivity contribution in [3.05, 3.63) is 0 Å². The van der Waals surface area contributed by atoms with Crippen molar-refractivity contribution in [1.82, 2.24) is 5.32 Å². The molecule has 0 aromatic rings. The molecule has 0 spiro atoms. The third-order valence-corrected chi connectivity index (χ3v) is 1.67. The third-order valence-electron chi connectivity index (χ3n) is 1.22. The summed E-state index contributed by atoms with van der Waals surface area (Å²) in [6, 6.07) is 0. The molecule has 1 aliphatic rings. The van der Waals surface area contributed by atoms with Crippen molar-refractivity contribution < 1.29 is 0 Å². The standard InChI is InChI=1S/C5H9ClN4/c1-2-5(6)9-3-8-4(7)10-5/h3H,2H2,1H3,(H3,7,8,9,10). The Morgan fingerprint density at radius 1 is 1.90 bits per heavy atom. The first kappa shape index (κ1) is 7.34. The van der Waals surface area contributed by atoms with E-state index < -0.39 is 5.12 Å². The van der Waals surface area contributed by atoms with Crippen LogP contribution < -0.4 is 11.1 Å². The highest BCUT2D eigenvalue weighted by atomic mass is 35.5. The van der Waals surface area contributed by atoms with Gasteiger partial charge in [-0.1, -0.05) is 18.5 Å². The van der Waals surface area contributed by atoms with E-state index in [1.54, 1.807) is 0 Å². The van der Waals surface area contributed by atoms with Gasteiger partial charge in [0, 0.05) is 6.42 Å². The molecule has 0 aliphatic carbocycles. The quantitative estimate of drug-likeness (QED) is 0.426. The van der Waals surface area contributed by atoms with Crippen LogP contribution in [0.25, 0.3) is 0 Å². The first-order valence-electron chi connectivity index (χ1n) is 3.01. The maximum atomic E-state index is 5.85. The van der Waals surface area contributed by atoms with Crippen molar-refractivity contribution in [1.29, 1.82) is 0 Å². The summed E-state index contributed by atoms with van der Waals surface area (Å²) in [6.07, 6.45) is 2.09. The lowest BCUT2D eigenvalue weighted by Gasteiger charge is -2.19. The van der Waals surface area contributed by atoms with Crippen molar-refractivity contribution >= 4 is 23.9 Å². The summed E-state index contributed by atoms with van der Waals surface area (Å²) in [5, 5.41) is 1.76. The Labute approximate surface area is 64.2 Å². The first-order chi connectivity index (χ1) is 4.66. The molecule has 10 heavy (non-hydrogen) atoms. The highest BCUT2D eigenvalue weighted by molar-refractivity contribution is 6.25. The third kappa shape index (κ3) is 1.39. The highest BCUT2D eigenvalue weighted by Gasteiger charge is 2.24. The van der Waals surface area contributed by atoms with Crippen molar-refractivity contribution in [2.45, 2.75) is 18.5 Å². The predicted molar refractivity (Wildman–Crippen MR) is 42.1 cm³/mol. The molecule has 1 unspecified atom stereocenters. The summed E-state index contributed by atoms with van der Waals surface area (Å²) in [5.41, 5.74) is 5.35. The fraction of sp³-hybridized carbons (Fsp3) is 0.600. The minimum atomic E-state index is -0.866. The van der Waals surface area contributed by atoms with Crippen molar-refractivity contribution in [2.75, 3.05) is 0 Å². The van der Waals surface area contributed by atoms with Gasteiger partial charge in [0.2, 0.25) is 5.12 Å². The number of guanidine groups is 1. The van der Waals surface area contributed by atoms with Crippen LogP contribution in [0.3, 0.4) is 0 Å². The van der Waals surface area contributed by atoms with E-state index >= 15 is 0 Å². The zero-order valence-corrected chi connectivity index (χ0v) is 6.39. The molecule has 1 atom stereocenters. The number of nitrogens with one attached hydrogen (secondary N) is 1. The number of aliphatic imine (C=N–C) groups is 2. The van der Waals surface area contributed by atoms with Crippen LogP contribution in [0, 0.1) is 0 Å². The van der Waals surface area contributed by atoms with Crippen LogP contribution in [-0.2, 0) is 0 Å². The molecule has 0 bridgehead atoms. The molecule has 0 saturated heterocycles. The molecule has 0 fully saturated rings. The maximum Gasteiger partial charge on any atom is 0.230 e. The molecule has 1 rings (SSSR count). The fourth-order valence-corrected chi connectivity index (χ4v) is 0.753. The molecule has 5 heteroatoms. The van der Waals surface area contributed by atoms with Gasteiger partial charge in [-0.2, -0.15) is 0 Å². The van der Waals surface area contributed by atoms with E-state index in [4.69, 9.17) is 17.3 Å². The molecule has 56 valence electrons. The lowest BCUT2D eigenvalue weighted by molar-refractivity contribution is 0.602. The molecule has 1 aliphatic heterocycles. The van der Waals surface area contributed by atoms with Crippen LogP contribution >= 0.6 is 11.6 Å². The Bertz CT molecular complexity index is 188. The fourth-order valence-electron chi connectivity index (χ4n) is 0.613.